The molecule has 1 unspecified atom stereocenters. The van der Waals surface area contributed by atoms with Crippen molar-refractivity contribution in [3.05, 3.63) is 34.7 Å². The highest BCUT2D eigenvalue weighted by Gasteiger charge is 2.24. The Kier molecular flexibility index (Phi) is 2.04. The third-order valence-corrected chi connectivity index (χ3v) is 3.19. The van der Waals surface area contributed by atoms with Crippen molar-refractivity contribution < 1.29 is 0 Å². The highest BCUT2D eigenvalue weighted by atomic mass is 15.2. The molecule has 1 aliphatic carbocycles. The minimum atomic E-state index is -0.0913. The van der Waals surface area contributed by atoms with Crippen molar-refractivity contribution in [3.63, 3.8) is 0 Å². The molecule has 0 bridgehead atoms. The second kappa shape index (κ2) is 3.40. The lowest BCUT2D eigenvalue weighted by Gasteiger charge is -2.34. The smallest absolute Gasteiger partial charge is 0.129 e. The number of nitrogens with two attached hydrogens (primary N) is 1. The Hall–Kier alpha value is -1.26. The average Bonchev–Trinajstić information content (AvgIpc) is 2.26. The average molecular weight is 204 g/mol. The summed E-state index contributed by atoms with van der Waals surface area (Å²) in [5.74, 6) is 0. The van der Waals surface area contributed by atoms with Crippen molar-refractivity contribution in [1.29, 1.82) is 0 Å². The maximum Gasteiger partial charge on any atom is 0.129 e. The van der Waals surface area contributed by atoms with Crippen LogP contribution in [0.5, 0.6) is 0 Å². The summed E-state index contributed by atoms with van der Waals surface area (Å²) in [5, 5.41) is 9.96. The van der Waals surface area contributed by atoms with E-state index in [1.807, 2.05) is 0 Å². The summed E-state index contributed by atoms with van der Waals surface area (Å²) < 4.78 is 0. The zero-order valence-electron chi connectivity index (χ0n) is 8.64. The third kappa shape index (κ3) is 1.56. The third-order valence-electron chi connectivity index (χ3n) is 3.19. The van der Waals surface area contributed by atoms with Crippen LogP contribution in [0.3, 0.4) is 0 Å². The minimum Gasteiger partial charge on any atom is -0.384 e. The van der Waals surface area contributed by atoms with Crippen molar-refractivity contribution in [2.24, 2.45) is 5.73 Å². The fourth-order valence-corrected chi connectivity index (χ4v) is 2.37. The van der Waals surface area contributed by atoms with E-state index in [-0.39, 0.29) is 6.29 Å². The maximum atomic E-state index is 5.80. The first-order chi connectivity index (χ1) is 7.33. The van der Waals surface area contributed by atoms with Crippen LogP contribution in [0, 0.1) is 0 Å². The monoisotopic (exact) mass is 204 g/mol. The first-order valence-corrected chi connectivity index (χ1v) is 5.42. The van der Waals surface area contributed by atoms with Crippen LogP contribution < -0.4 is 21.7 Å². The van der Waals surface area contributed by atoms with Crippen LogP contribution in [0.25, 0.3) is 0 Å². The molecule has 0 saturated heterocycles. The van der Waals surface area contributed by atoms with Gasteiger partial charge in [0.1, 0.15) is 6.29 Å². The van der Waals surface area contributed by atoms with Crippen molar-refractivity contribution in [2.45, 2.75) is 19.1 Å². The van der Waals surface area contributed by atoms with Crippen LogP contribution in [0.1, 0.15) is 12.8 Å². The molecule has 15 heavy (non-hydrogen) atoms. The molecule has 0 radical (unpaired) electrons. The molecule has 0 fully saturated rings. The Balaban J connectivity index is 1.85. The van der Waals surface area contributed by atoms with Gasteiger partial charge in [-0.1, -0.05) is 12.2 Å². The number of rotatable bonds is 0. The normalized spacial score (nSPS) is 29.3. The first kappa shape index (κ1) is 9.00. The molecule has 0 aromatic rings. The molecule has 0 aromatic heterocycles. The number of hydrogen-bond acceptors (Lipinski definition) is 4. The van der Waals surface area contributed by atoms with Gasteiger partial charge in [0.15, 0.2) is 0 Å². The van der Waals surface area contributed by atoms with Crippen LogP contribution in [0.2, 0.25) is 0 Å². The van der Waals surface area contributed by atoms with Crippen molar-refractivity contribution in [3.8, 4) is 0 Å². The van der Waals surface area contributed by atoms with E-state index in [0.717, 1.165) is 25.9 Å². The molecule has 3 rings (SSSR count). The summed E-state index contributed by atoms with van der Waals surface area (Å²) in [6.07, 6.45) is 6.33. The van der Waals surface area contributed by atoms with Gasteiger partial charge in [-0.15, -0.1) is 0 Å². The fourth-order valence-electron chi connectivity index (χ4n) is 2.37. The Morgan fingerprint density at radius 2 is 2.20 bits per heavy atom. The summed E-state index contributed by atoms with van der Waals surface area (Å²) in [5.41, 5.74) is 11.3. The zero-order valence-corrected chi connectivity index (χ0v) is 8.64. The Morgan fingerprint density at radius 3 is 3.13 bits per heavy atom. The van der Waals surface area contributed by atoms with Gasteiger partial charge in [0.2, 0.25) is 0 Å². The Bertz CT molecular complexity index is 378. The summed E-state index contributed by atoms with van der Waals surface area (Å²) in [6.45, 7) is 1.87. The van der Waals surface area contributed by atoms with Crippen LogP contribution in [-0.4, -0.2) is 19.4 Å². The van der Waals surface area contributed by atoms with Gasteiger partial charge in [-0.2, -0.15) is 0 Å². The topological polar surface area (TPSA) is 62.1 Å². The molecule has 0 spiro atoms. The summed E-state index contributed by atoms with van der Waals surface area (Å²) in [4.78, 5) is 0. The van der Waals surface area contributed by atoms with Gasteiger partial charge in [-0.05, 0) is 11.1 Å². The van der Waals surface area contributed by atoms with Gasteiger partial charge in [-0.25, -0.2) is 0 Å². The lowest BCUT2D eigenvalue weighted by Crippen LogP contribution is -2.54. The Morgan fingerprint density at radius 1 is 1.27 bits per heavy atom. The van der Waals surface area contributed by atoms with E-state index in [2.05, 4.69) is 28.1 Å². The van der Waals surface area contributed by atoms with Crippen LogP contribution in [0.4, 0.5) is 0 Å². The van der Waals surface area contributed by atoms with Gasteiger partial charge < -0.3 is 10.6 Å². The molecule has 1 atom stereocenters. The van der Waals surface area contributed by atoms with Crippen LogP contribution in [0.15, 0.2) is 34.7 Å². The molecular weight excluding hydrogens is 188 g/mol. The number of nitrogens with one attached hydrogen (secondary N) is 3. The number of allylic oxidation sites excluding steroid dienone is 3. The molecule has 4 nitrogen and oxygen atoms in total. The van der Waals surface area contributed by atoms with E-state index in [1.165, 1.54) is 22.5 Å². The fraction of sp³-hybridized carbons (Fsp3) is 0.455. The molecular formula is C11H16N4. The molecule has 2 aliphatic heterocycles. The van der Waals surface area contributed by atoms with Crippen LogP contribution in [-0.2, 0) is 0 Å². The number of dihydropyridines is 1. The van der Waals surface area contributed by atoms with Gasteiger partial charge in [-0.3, -0.25) is 11.1 Å². The van der Waals surface area contributed by atoms with Gasteiger partial charge in [0.05, 0.1) is 0 Å². The maximum absolute atomic E-state index is 5.80. The quantitative estimate of drug-likeness (QED) is 0.444. The molecule has 0 aromatic carbocycles. The van der Waals surface area contributed by atoms with Crippen molar-refractivity contribution in [1.82, 2.24) is 16.0 Å². The van der Waals surface area contributed by atoms with E-state index < -0.39 is 0 Å². The molecule has 2 heterocycles. The molecule has 4 heteroatoms. The summed E-state index contributed by atoms with van der Waals surface area (Å²) in [6, 6.07) is 0. The van der Waals surface area contributed by atoms with Crippen molar-refractivity contribution in [2.75, 3.05) is 13.1 Å². The minimum absolute atomic E-state index is 0.0913. The number of hydrogen-bond donors (Lipinski definition) is 4. The van der Waals surface area contributed by atoms with Crippen LogP contribution >= 0.6 is 0 Å². The van der Waals surface area contributed by atoms with E-state index >= 15 is 0 Å². The lowest BCUT2D eigenvalue weighted by atomic mass is 9.90. The second-order valence-corrected chi connectivity index (χ2v) is 4.23. The summed E-state index contributed by atoms with van der Waals surface area (Å²) >= 11 is 0. The standard InChI is InChI=1S/C11H16N4/c12-11-14-6-8-5-9-7(2-1-3-13-9)4-10(8)15-11/h1-2,11,13-15H,3-6,12H2. The molecule has 0 saturated carbocycles. The largest absolute Gasteiger partial charge is 0.384 e. The van der Waals surface area contributed by atoms with Gasteiger partial charge in [0.25, 0.3) is 0 Å². The predicted molar refractivity (Wildman–Crippen MR) is 59.5 cm³/mol. The van der Waals surface area contributed by atoms with E-state index in [0.29, 0.717) is 0 Å². The molecule has 3 aliphatic rings. The first-order valence-electron chi connectivity index (χ1n) is 5.42. The van der Waals surface area contributed by atoms with Gasteiger partial charge in [0, 0.05) is 37.3 Å². The SMILES string of the molecule is NC1NCC2=C(CC3=C(C2)NCC=C3)N1. The van der Waals surface area contributed by atoms with E-state index in [9.17, 15) is 0 Å². The van der Waals surface area contributed by atoms with E-state index in [4.69, 9.17) is 5.73 Å². The second-order valence-electron chi connectivity index (χ2n) is 4.23. The highest BCUT2D eigenvalue weighted by Crippen LogP contribution is 2.30. The zero-order chi connectivity index (χ0) is 10.3. The molecule has 80 valence electrons. The molecule has 0 amide bonds. The summed E-state index contributed by atoms with van der Waals surface area (Å²) in [7, 11) is 0. The molecule has 5 N–H and O–H groups in total. The van der Waals surface area contributed by atoms with Crippen molar-refractivity contribution >= 4 is 0 Å². The highest BCUT2D eigenvalue weighted by molar-refractivity contribution is 5.41. The predicted octanol–water partition coefficient (Wildman–Crippen LogP) is -0.117. The lowest BCUT2D eigenvalue weighted by molar-refractivity contribution is 0.445. The van der Waals surface area contributed by atoms with E-state index in [1.54, 1.807) is 0 Å². The Labute approximate surface area is 89.3 Å². The van der Waals surface area contributed by atoms with Gasteiger partial charge >= 0.3 is 0 Å².